The van der Waals surface area contributed by atoms with Gasteiger partial charge in [-0.15, -0.1) is 11.3 Å². The van der Waals surface area contributed by atoms with Crippen LogP contribution in [0.4, 0.5) is 18.9 Å². The van der Waals surface area contributed by atoms with E-state index in [-0.39, 0.29) is 36.9 Å². The first kappa shape index (κ1) is 24.9. The number of aromatic nitrogens is 1. The number of piperidine rings is 1. The summed E-state index contributed by atoms with van der Waals surface area (Å²) in [6.45, 7) is 1.66. The van der Waals surface area contributed by atoms with Crippen LogP contribution in [-0.4, -0.2) is 56.7 Å². The van der Waals surface area contributed by atoms with Gasteiger partial charge < -0.3 is 9.64 Å². The van der Waals surface area contributed by atoms with Crippen LogP contribution < -0.4 is 4.90 Å². The Morgan fingerprint density at radius 2 is 2.06 bits per heavy atom. The lowest BCUT2D eigenvalue weighted by Gasteiger charge is -2.37. The minimum Gasteiger partial charge on any atom is -0.370 e. The van der Waals surface area contributed by atoms with Gasteiger partial charge in [-0.05, 0) is 43.4 Å². The number of sulfonamides is 1. The van der Waals surface area contributed by atoms with Gasteiger partial charge in [0.25, 0.3) is 0 Å². The summed E-state index contributed by atoms with van der Waals surface area (Å²) >= 11 is 4.84. The molecule has 3 heterocycles. The molecular formula is C21H25BrF3N3O3S2. The van der Waals surface area contributed by atoms with Crippen molar-refractivity contribution in [3.63, 3.8) is 0 Å². The molecule has 1 aromatic carbocycles. The maximum atomic E-state index is 13.7. The topological polar surface area (TPSA) is 62.7 Å². The van der Waals surface area contributed by atoms with Crippen LogP contribution in [0.3, 0.4) is 0 Å². The highest BCUT2D eigenvalue weighted by molar-refractivity contribution is 9.10. The number of hydrogen-bond donors (Lipinski definition) is 0. The molecule has 0 amide bonds. The number of nitrogens with zero attached hydrogens (tertiary/aromatic N) is 3. The summed E-state index contributed by atoms with van der Waals surface area (Å²) < 4.78 is 73.4. The Hall–Kier alpha value is -1.21. The largest absolute Gasteiger partial charge is 0.389 e. The normalized spacial score (nSPS) is 23.1. The van der Waals surface area contributed by atoms with Gasteiger partial charge in [-0.3, -0.25) is 0 Å². The Morgan fingerprint density at radius 3 is 2.79 bits per heavy atom. The lowest BCUT2D eigenvalue weighted by atomic mass is 9.93. The van der Waals surface area contributed by atoms with Crippen LogP contribution in [0.25, 0.3) is 0 Å². The van der Waals surface area contributed by atoms with Crippen LogP contribution in [0.2, 0.25) is 0 Å². The number of rotatable bonds is 6. The van der Waals surface area contributed by atoms with Crippen molar-refractivity contribution < 1.29 is 26.3 Å². The molecule has 182 valence electrons. The van der Waals surface area contributed by atoms with Crippen molar-refractivity contribution >= 4 is 43.0 Å². The third kappa shape index (κ3) is 6.08. The highest BCUT2D eigenvalue weighted by Crippen LogP contribution is 2.37. The first-order valence-corrected chi connectivity index (χ1v) is 13.9. The van der Waals surface area contributed by atoms with Gasteiger partial charge in [0.1, 0.15) is 16.0 Å². The van der Waals surface area contributed by atoms with Crippen LogP contribution in [0.1, 0.15) is 36.8 Å². The van der Waals surface area contributed by atoms with Crippen LogP contribution in [0.5, 0.6) is 0 Å². The number of hydrogen-bond acceptors (Lipinski definition) is 6. The highest BCUT2D eigenvalue weighted by atomic mass is 79.9. The predicted octanol–water partition coefficient (Wildman–Crippen LogP) is 5.23. The van der Waals surface area contributed by atoms with Gasteiger partial charge in [0, 0.05) is 48.6 Å². The van der Waals surface area contributed by atoms with Gasteiger partial charge in [0.15, 0.2) is 0 Å². The molecule has 33 heavy (non-hydrogen) atoms. The second kappa shape index (κ2) is 10.2. The molecule has 0 saturated carbocycles. The Labute approximate surface area is 203 Å². The molecule has 0 spiro atoms. The highest BCUT2D eigenvalue weighted by Gasteiger charge is 2.36. The van der Waals surface area contributed by atoms with E-state index >= 15 is 0 Å². The fourth-order valence-corrected chi connectivity index (χ4v) is 7.01. The summed E-state index contributed by atoms with van der Waals surface area (Å²) in [5, 5.41) is 2.55. The number of benzene rings is 1. The summed E-state index contributed by atoms with van der Waals surface area (Å²) in [5.74, 6) is -0.132. The Morgan fingerprint density at radius 1 is 1.24 bits per heavy atom. The summed E-state index contributed by atoms with van der Waals surface area (Å²) in [7, 11) is -3.85. The summed E-state index contributed by atoms with van der Waals surface area (Å²) in [6, 6.07) is 5.00. The monoisotopic (exact) mass is 567 g/mol. The molecule has 6 nitrogen and oxygen atoms in total. The van der Waals surface area contributed by atoms with Gasteiger partial charge in [0.2, 0.25) is 10.0 Å². The molecule has 2 saturated heterocycles. The number of thiazole rings is 1. The number of halogens is 4. The predicted molar refractivity (Wildman–Crippen MR) is 124 cm³/mol. The number of morpholine rings is 1. The second-order valence-corrected chi connectivity index (χ2v) is 12.1. The van der Waals surface area contributed by atoms with Crippen molar-refractivity contribution in [2.75, 3.05) is 37.7 Å². The molecule has 0 aliphatic carbocycles. The first-order chi connectivity index (χ1) is 15.6. The van der Waals surface area contributed by atoms with E-state index in [2.05, 4.69) is 20.9 Å². The molecule has 0 N–H and O–H groups in total. The summed E-state index contributed by atoms with van der Waals surface area (Å²) in [5.41, 5.74) is 0.526. The van der Waals surface area contributed by atoms with E-state index in [1.165, 1.54) is 15.6 Å². The Balaban J connectivity index is 1.57. The number of alkyl halides is 3. The van der Waals surface area contributed by atoms with Crippen molar-refractivity contribution in [3.8, 4) is 0 Å². The smallest absolute Gasteiger partial charge is 0.370 e. The summed E-state index contributed by atoms with van der Waals surface area (Å²) in [6.07, 6.45) is -2.28. The first-order valence-electron chi connectivity index (χ1n) is 10.8. The van der Waals surface area contributed by atoms with Gasteiger partial charge >= 0.3 is 6.18 Å². The van der Waals surface area contributed by atoms with Crippen LogP contribution in [-0.2, 0) is 14.8 Å². The van der Waals surface area contributed by atoms with E-state index in [0.29, 0.717) is 25.2 Å². The van der Waals surface area contributed by atoms with Crippen molar-refractivity contribution in [3.05, 3.63) is 39.3 Å². The standard InChI is InChI=1S/C21H25BrF3N3O3S2/c22-16-3-4-19(17(12-16)27-8-1-2-15(13-27)5-6-21(23,24)25)33(29,30)28-9-10-31-18(14-28)20-26-7-11-32-20/h3-4,7,11-12,15,18H,1-2,5-6,8-10,13-14H2. The zero-order valence-electron chi connectivity index (χ0n) is 17.8. The van der Waals surface area contributed by atoms with E-state index in [9.17, 15) is 21.6 Å². The third-order valence-corrected chi connectivity index (χ3v) is 9.26. The minimum atomic E-state index is -4.18. The SMILES string of the molecule is O=S(=O)(c1ccc(Br)cc1N1CCCC(CCC(F)(F)F)C1)N1CCOC(c2nccs2)C1. The molecule has 2 aromatic rings. The Kier molecular flexibility index (Phi) is 7.69. The lowest BCUT2D eigenvalue weighted by Crippen LogP contribution is -2.43. The van der Waals surface area contributed by atoms with Crippen LogP contribution in [0.15, 0.2) is 39.1 Å². The zero-order chi connectivity index (χ0) is 23.6. The van der Waals surface area contributed by atoms with Gasteiger partial charge in [0.05, 0.1) is 12.3 Å². The molecule has 2 aliphatic rings. The molecule has 0 radical (unpaired) electrons. The molecule has 12 heteroatoms. The maximum absolute atomic E-state index is 13.7. The minimum absolute atomic E-state index is 0.0506. The number of ether oxygens (including phenoxy) is 1. The average molecular weight is 568 g/mol. The van der Waals surface area contributed by atoms with Gasteiger partial charge in [-0.2, -0.15) is 17.5 Å². The molecule has 1 aromatic heterocycles. The van der Waals surface area contributed by atoms with Gasteiger partial charge in [-0.1, -0.05) is 15.9 Å². The van der Waals surface area contributed by atoms with E-state index < -0.39 is 28.7 Å². The van der Waals surface area contributed by atoms with Crippen LogP contribution in [0, 0.1) is 5.92 Å². The second-order valence-electron chi connectivity index (χ2n) is 8.31. The van der Waals surface area contributed by atoms with E-state index in [1.54, 1.807) is 24.4 Å². The van der Waals surface area contributed by atoms with E-state index in [1.807, 2.05) is 10.3 Å². The molecule has 4 rings (SSSR count). The van der Waals surface area contributed by atoms with Crippen LogP contribution >= 0.6 is 27.3 Å². The fourth-order valence-electron chi connectivity index (χ4n) is 4.37. The van der Waals surface area contributed by atoms with Gasteiger partial charge in [-0.25, -0.2) is 13.4 Å². The summed E-state index contributed by atoms with van der Waals surface area (Å²) in [4.78, 5) is 6.34. The molecular weight excluding hydrogens is 543 g/mol. The van der Waals surface area contributed by atoms with Crippen molar-refractivity contribution in [1.29, 1.82) is 0 Å². The lowest BCUT2D eigenvalue weighted by molar-refractivity contribution is -0.137. The van der Waals surface area contributed by atoms with E-state index in [4.69, 9.17) is 4.74 Å². The zero-order valence-corrected chi connectivity index (χ0v) is 21.0. The van der Waals surface area contributed by atoms with Crippen molar-refractivity contribution in [2.45, 2.75) is 42.9 Å². The molecule has 2 unspecified atom stereocenters. The molecule has 2 fully saturated rings. The molecule has 2 aliphatic heterocycles. The molecule has 0 bridgehead atoms. The molecule has 2 atom stereocenters. The maximum Gasteiger partial charge on any atom is 0.389 e. The van der Waals surface area contributed by atoms with Crippen molar-refractivity contribution in [2.24, 2.45) is 5.92 Å². The third-order valence-electron chi connectivity index (χ3n) is 5.99. The van der Waals surface area contributed by atoms with Crippen molar-refractivity contribution in [1.82, 2.24) is 9.29 Å². The Bertz CT molecular complexity index is 1050. The quantitative estimate of drug-likeness (QED) is 0.478. The number of anilines is 1. The average Bonchev–Trinajstić information content (AvgIpc) is 3.32. The van der Waals surface area contributed by atoms with E-state index in [0.717, 1.165) is 15.9 Å². The fraction of sp³-hybridized carbons (Fsp3) is 0.571.